The van der Waals surface area contributed by atoms with E-state index < -0.39 is 0 Å². The molecule has 0 radical (unpaired) electrons. The van der Waals surface area contributed by atoms with Gasteiger partial charge in [-0.1, -0.05) is 37.3 Å². The molecule has 0 N–H and O–H groups in total. The highest BCUT2D eigenvalue weighted by Gasteiger charge is 2.10. The van der Waals surface area contributed by atoms with E-state index in [9.17, 15) is 4.79 Å². The summed E-state index contributed by atoms with van der Waals surface area (Å²) >= 11 is 0. The van der Waals surface area contributed by atoms with Crippen LogP contribution in [0.3, 0.4) is 0 Å². The molecule has 3 nitrogen and oxygen atoms in total. The van der Waals surface area contributed by atoms with E-state index in [1.807, 2.05) is 44.2 Å². The first-order valence-electron chi connectivity index (χ1n) is 6.74. The predicted molar refractivity (Wildman–Crippen MR) is 77.5 cm³/mol. The Balaban J connectivity index is 2.48. The van der Waals surface area contributed by atoms with Crippen molar-refractivity contribution >= 4 is 0 Å². The number of hydrogen-bond acceptors (Lipinski definition) is 2. The van der Waals surface area contributed by atoms with Gasteiger partial charge in [-0.3, -0.25) is 9.36 Å². The van der Waals surface area contributed by atoms with E-state index in [1.54, 1.807) is 4.57 Å². The van der Waals surface area contributed by atoms with Crippen molar-refractivity contribution in [3.8, 4) is 0 Å². The number of rotatable bonds is 4. The van der Waals surface area contributed by atoms with Crippen molar-refractivity contribution in [3.05, 3.63) is 63.3 Å². The van der Waals surface area contributed by atoms with Gasteiger partial charge < -0.3 is 0 Å². The van der Waals surface area contributed by atoms with Gasteiger partial charge in [0, 0.05) is 17.7 Å². The molecule has 0 aliphatic rings. The molecular weight excluding hydrogens is 236 g/mol. The topological polar surface area (TPSA) is 34.9 Å². The molecule has 1 aromatic carbocycles. The highest BCUT2D eigenvalue weighted by molar-refractivity contribution is 5.19. The van der Waals surface area contributed by atoms with Crippen molar-refractivity contribution in [3.63, 3.8) is 0 Å². The van der Waals surface area contributed by atoms with Crippen molar-refractivity contribution < 1.29 is 0 Å². The van der Waals surface area contributed by atoms with Gasteiger partial charge in [0.15, 0.2) is 0 Å². The summed E-state index contributed by atoms with van der Waals surface area (Å²) in [6.07, 6.45) is 1.83. The highest BCUT2D eigenvalue weighted by atomic mass is 16.1. The second kappa shape index (κ2) is 5.83. The van der Waals surface area contributed by atoms with E-state index >= 15 is 0 Å². The van der Waals surface area contributed by atoms with E-state index in [0.717, 1.165) is 35.5 Å². The minimum Gasteiger partial charge on any atom is -0.292 e. The number of nitrogens with zero attached hydrogens (tertiary/aromatic N) is 2. The molecule has 0 aliphatic carbocycles. The molecule has 19 heavy (non-hydrogen) atoms. The highest BCUT2D eigenvalue weighted by Crippen LogP contribution is 2.07. The predicted octanol–water partition coefficient (Wildman–Crippen LogP) is 2.86. The van der Waals surface area contributed by atoms with Gasteiger partial charge >= 0.3 is 0 Å². The molecule has 3 heteroatoms. The fourth-order valence-electron chi connectivity index (χ4n) is 2.16. The Kier molecular flexibility index (Phi) is 4.15. The number of benzene rings is 1. The van der Waals surface area contributed by atoms with Crippen LogP contribution >= 0.6 is 0 Å². The van der Waals surface area contributed by atoms with Gasteiger partial charge in [-0.25, -0.2) is 4.98 Å². The first-order chi connectivity index (χ1) is 9.13. The molecule has 0 saturated heterocycles. The molecule has 2 aromatic rings. The van der Waals surface area contributed by atoms with Crippen LogP contribution < -0.4 is 5.56 Å². The molecule has 0 aliphatic heterocycles. The first kappa shape index (κ1) is 13.5. The summed E-state index contributed by atoms with van der Waals surface area (Å²) in [6, 6.07) is 10.1. The monoisotopic (exact) mass is 256 g/mol. The molecule has 1 heterocycles. The normalized spacial score (nSPS) is 10.7. The molecule has 1 aromatic heterocycles. The average Bonchev–Trinajstić information content (AvgIpc) is 2.42. The summed E-state index contributed by atoms with van der Waals surface area (Å²) in [4.78, 5) is 17.0. The summed E-state index contributed by atoms with van der Waals surface area (Å²) in [7, 11) is 0. The Morgan fingerprint density at radius 3 is 2.47 bits per heavy atom. The molecule has 0 spiro atoms. The number of hydrogen-bond donors (Lipinski definition) is 0. The molecule has 0 fully saturated rings. The lowest BCUT2D eigenvalue weighted by molar-refractivity contribution is 0.643. The van der Waals surface area contributed by atoms with Crippen molar-refractivity contribution in [2.45, 2.75) is 40.2 Å². The van der Waals surface area contributed by atoms with E-state index in [0.29, 0.717) is 6.54 Å². The van der Waals surface area contributed by atoms with Crippen molar-refractivity contribution in [2.75, 3.05) is 0 Å². The molecule has 0 unspecified atom stereocenters. The van der Waals surface area contributed by atoms with Gasteiger partial charge in [0.25, 0.3) is 5.56 Å². The van der Waals surface area contributed by atoms with Gasteiger partial charge in [-0.2, -0.15) is 0 Å². The smallest absolute Gasteiger partial charge is 0.256 e. The lowest BCUT2D eigenvalue weighted by Gasteiger charge is -2.14. The molecule has 100 valence electrons. The zero-order valence-electron chi connectivity index (χ0n) is 11.8. The summed E-state index contributed by atoms with van der Waals surface area (Å²) < 4.78 is 1.81. The molecule has 0 bridgehead atoms. The quantitative estimate of drug-likeness (QED) is 0.843. The van der Waals surface area contributed by atoms with Crippen molar-refractivity contribution in [2.24, 2.45) is 0 Å². The van der Waals surface area contributed by atoms with Crippen LogP contribution in [0.25, 0.3) is 0 Å². The second-order valence-corrected chi connectivity index (χ2v) is 4.87. The first-order valence-corrected chi connectivity index (χ1v) is 6.74. The minimum atomic E-state index is 0.0832. The van der Waals surface area contributed by atoms with Gasteiger partial charge in [0.1, 0.15) is 5.82 Å². The van der Waals surface area contributed by atoms with Gasteiger partial charge in [-0.05, 0) is 25.8 Å². The van der Waals surface area contributed by atoms with E-state index in [1.165, 1.54) is 0 Å². The zero-order chi connectivity index (χ0) is 13.8. The molecule has 0 saturated carbocycles. The van der Waals surface area contributed by atoms with E-state index in [4.69, 9.17) is 0 Å². The largest absolute Gasteiger partial charge is 0.292 e. The average molecular weight is 256 g/mol. The van der Waals surface area contributed by atoms with Gasteiger partial charge in [0.05, 0.1) is 6.54 Å². The Labute approximate surface area is 113 Å². The van der Waals surface area contributed by atoms with Crippen LogP contribution in [0.15, 0.2) is 35.1 Å². The maximum absolute atomic E-state index is 12.4. The van der Waals surface area contributed by atoms with Gasteiger partial charge in [0.2, 0.25) is 0 Å². The number of aromatic nitrogens is 2. The third-order valence-corrected chi connectivity index (χ3v) is 3.37. The summed E-state index contributed by atoms with van der Waals surface area (Å²) in [5.41, 5.74) is 2.81. The maximum atomic E-state index is 12.4. The number of aryl methyl sites for hydroxylation is 2. The Bertz CT molecular complexity index is 615. The lowest BCUT2D eigenvalue weighted by atomic mass is 10.2. The Morgan fingerprint density at radius 2 is 1.84 bits per heavy atom. The maximum Gasteiger partial charge on any atom is 0.256 e. The Morgan fingerprint density at radius 1 is 1.16 bits per heavy atom. The van der Waals surface area contributed by atoms with E-state index in [-0.39, 0.29) is 5.56 Å². The summed E-state index contributed by atoms with van der Waals surface area (Å²) in [6.45, 7) is 6.46. The third kappa shape index (κ3) is 2.92. The lowest BCUT2D eigenvalue weighted by Crippen LogP contribution is -2.28. The van der Waals surface area contributed by atoms with Crippen LogP contribution in [0, 0.1) is 13.8 Å². The fourth-order valence-corrected chi connectivity index (χ4v) is 2.16. The minimum absolute atomic E-state index is 0.0832. The molecule has 0 atom stereocenters. The molecule has 0 amide bonds. The van der Waals surface area contributed by atoms with E-state index in [2.05, 4.69) is 11.9 Å². The van der Waals surface area contributed by atoms with Crippen LogP contribution in [0.1, 0.15) is 36.0 Å². The fraction of sp³-hybridized carbons (Fsp3) is 0.375. The van der Waals surface area contributed by atoms with Gasteiger partial charge in [-0.15, -0.1) is 0 Å². The molecular formula is C16H20N2O. The zero-order valence-corrected chi connectivity index (χ0v) is 11.8. The van der Waals surface area contributed by atoms with Crippen LogP contribution in [-0.4, -0.2) is 9.55 Å². The second-order valence-electron chi connectivity index (χ2n) is 4.87. The molecule has 2 rings (SSSR count). The van der Waals surface area contributed by atoms with Crippen LogP contribution in [0.5, 0.6) is 0 Å². The third-order valence-electron chi connectivity index (χ3n) is 3.37. The van der Waals surface area contributed by atoms with Crippen molar-refractivity contribution in [1.29, 1.82) is 0 Å². The standard InChI is InChI=1S/C16H20N2O/c1-4-8-15-17-13(3)12(2)16(19)18(15)11-14-9-6-5-7-10-14/h5-7,9-10H,4,8,11H2,1-3H3. The van der Waals surface area contributed by atoms with Crippen molar-refractivity contribution in [1.82, 2.24) is 9.55 Å². The van der Waals surface area contributed by atoms with Crippen LogP contribution in [-0.2, 0) is 13.0 Å². The summed E-state index contributed by atoms with van der Waals surface area (Å²) in [5, 5.41) is 0. The summed E-state index contributed by atoms with van der Waals surface area (Å²) in [5.74, 6) is 0.888. The Hall–Kier alpha value is -1.90. The van der Waals surface area contributed by atoms with Crippen LogP contribution in [0.4, 0.5) is 0 Å². The SMILES string of the molecule is CCCc1nc(C)c(C)c(=O)n1Cc1ccccc1. The van der Waals surface area contributed by atoms with Crippen LogP contribution in [0.2, 0.25) is 0 Å².